The lowest BCUT2D eigenvalue weighted by molar-refractivity contribution is 0.0333. The van der Waals surface area contributed by atoms with Crippen LogP contribution in [-0.2, 0) is 5.41 Å². The summed E-state index contributed by atoms with van der Waals surface area (Å²) < 4.78 is 2.41. The number of thiophene rings is 1. The van der Waals surface area contributed by atoms with Gasteiger partial charge in [-0.15, -0.1) is 10.2 Å². The highest BCUT2D eigenvalue weighted by Gasteiger charge is 2.52. The van der Waals surface area contributed by atoms with Crippen molar-refractivity contribution in [1.82, 2.24) is 14.8 Å². The molecule has 124 valence electrons. The minimum absolute atomic E-state index is 0.245. The van der Waals surface area contributed by atoms with Gasteiger partial charge < -0.3 is 9.67 Å². The van der Waals surface area contributed by atoms with Gasteiger partial charge >= 0.3 is 0 Å². The van der Waals surface area contributed by atoms with Crippen LogP contribution in [0.3, 0.4) is 0 Å². The Hall–Kier alpha value is -1.71. The fourth-order valence-corrected chi connectivity index (χ4v) is 5.15. The van der Waals surface area contributed by atoms with Crippen molar-refractivity contribution in [2.45, 2.75) is 68.4 Å². The maximum absolute atomic E-state index is 10.1. The molecule has 24 heavy (non-hydrogen) atoms. The minimum Gasteiger partial charge on any atom is -0.393 e. The predicted molar refractivity (Wildman–Crippen MR) is 91.5 cm³/mol. The third-order valence-corrected chi connectivity index (χ3v) is 7.06. The Labute approximate surface area is 145 Å². The molecule has 0 radical (unpaired) electrons. The maximum Gasteiger partial charge on any atom is 0.241 e. The van der Waals surface area contributed by atoms with Gasteiger partial charge in [0.15, 0.2) is 0 Å². The van der Waals surface area contributed by atoms with E-state index in [2.05, 4.69) is 25.7 Å². The molecular weight excluding hydrogens is 320 g/mol. The van der Waals surface area contributed by atoms with Gasteiger partial charge in [-0.3, -0.25) is 0 Å². The average molecular weight is 340 g/mol. The highest BCUT2D eigenvalue weighted by molar-refractivity contribution is 7.16. The van der Waals surface area contributed by atoms with Gasteiger partial charge in [0.25, 0.3) is 0 Å². The fraction of sp³-hybridized carbons (Fsp3) is 0.611. The highest BCUT2D eigenvalue weighted by Crippen LogP contribution is 2.54. The van der Waals surface area contributed by atoms with E-state index in [1.807, 2.05) is 6.07 Å². The van der Waals surface area contributed by atoms with E-state index in [9.17, 15) is 5.11 Å². The smallest absolute Gasteiger partial charge is 0.241 e. The van der Waals surface area contributed by atoms with Crippen molar-refractivity contribution in [2.75, 3.05) is 0 Å². The Kier molecular flexibility index (Phi) is 3.13. The number of aromatic nitrogens is 3. The molecule has 0 spiro atoms. The lowest BCUT2D eigenvalue weighted by Gasteiger charge is -2.44. The predicted octanol–water partition coefficient (Wildman–Crippen LogP) is 3.93. The molecule has 2 aromatic heterocycles. The quantitative estimate of drug-likeness (QED) is 0.858. The summed E-state index contributed by atoms with van der Waals surface area (Å²) in [5.41, 5.74) is -0.245. The first-order valence-corrected chi connectivity index (χ1v) is 9.64. The van der Waals surface area contributed by atoms with Crippen LogP contribution in [0.5, 0.6) is 0 Å². The summed E-state index contributed by atoms with van der Waals surface area (Å²) in [7, 11) is 0. The molecule has 5 nitrogen and oxygen atoms in total. The Morgan fingerprint density at radius 1 is 1.21 bits per heavy atom. The molecule has 6 heteroatoms. The lowest BCUT2D eigenvalue weighted by Crippen LogP contribution is -2.47. The SMILES string of the molecule is [C-]#[N+]c1ccc(C2(c3nnc(C4CCC4)n3C3CC3)CC(O)C2)s1. The number of hydrogen-bond acceptors (Lipinski definition) is 4. The number of rotatable bonds is 4. The number of aliphatic hydroxyl groups excluding tert-OH is 1. The molecular formula is C18H20N4OS. The molecule has 0 aromatic carbocycles. The van der Waals surface area contributed by atoms with Gasteiger partial charge in [-0.1, -0.05) is 12.5 Å². The molecule has 0 unspecified atom stereocenters. The van der Waals surface area contributed by atoms with Crippen LogP contribution in [0.15, 0.2) is 12.1 Å². The van der Waals surface area contributed by atoms with Crippen molar-refractivity contribution in [3.8, 4) is 0 Å². The van der Waals surface area contributed by atoms with Gasteiger partial charge in [-0.25, -0.2) is 4.85 Å². The minimum atomic E-state index is -0.278. The normalized spacial score (nSPS) is 29.8. The van der Waals surface area contributed by atoms with E-state index in [-0.39, 0.29) is 11.5 Å². The largest absolute Gasteiger partial charge is 0.393 e. The van der Waals surface area contributed by atoms with Crippen LogP contribution in [0.4, 0.5) is 5.00 Å². The highest BCUT2D eigenvalue weighted by atomic mass is 32.1. The van der Waals surface area contributed by atoms with Crippen LogP contribution in [0, 0.1) is 6.57 Å². The molecule has 3 saturated carbocycles. The summed E-state index contributed by atoms with van der Waals surface area (Å²) in [4.78, 5) is 4.73. The molecule has 1 N–H and O–H groups in total. The third kappa shape index (κ3) is 2.01. The van der Waals surface area contributed by atoms with Gasteiger partial charge in [0.2, 0.25) is 5.00 Å². The molecule has 3 aliphatic rings. The van der Waals surface area contributed by atoms with Gasteiger partial charge in [0.05, 0.1) is 18.1 Å². The van der Waals surface area contributed by atoms with Gasteiger partial charge in [0, 0.05) is 16.8 Å². The van der Waals surface area contributed by atoms with Crippen LogP contribution in [-0.4, -0.2) is 26.0 Å². The third-order valence-electron chi connectivity index (χ3n) is 5.87. The van der Waals surface area contributed by atoms with Gasteiger partial charge in [0.1, 0.15) is 11.6 Å². The van der Waals surface area contributed by atoms with Crippen LogP contribution >= 0.6 is 11.3 Å². The van der Waals surface area contributed by atoms with E-state index in [0.29, 0.717) is 29.8 Å². The van der Waals surface area contributed by atoms with Crippen molar-refractivity contribution < 1.29 is 5.11 Å². The zero-order valence-electron chi connectivity index (χ0n) is 13.5. The standard InChI is InChI=1S/C18H20N4OS/c1-19-15-8-7-14(24-15)18(9-13(23)10-18)17-21-20-16(11-3-2-4-11)22(17)12-5-6-12/h7-8,11-13,23H,2-6,9-10H2. The van der Waals surface area contributed by atoms with Crippen molar-refractivity contribution in [3.05, 3.63) is 40.1 Å². The summed E-state index contributed by atoms with van der Waals surface area (Å²) in [6.07, 6.45) is 7.27. The first kappa shape index (κ1) is 14.6. The number of hydrogen-bond donors (Lipinski definition) is 1. The van der Waals surface area contributed by atoms with Crippen LogP contribution in [0.1, 0.15) is 73.4 Å². The van der Waals surface area contributed by atoms with Crippen LogP contribution in [0.25, 0.3) is 4.85 Å². The van der Waals surface area contributed by atoms with Gasteiger partial charge in [-0.2, -0.15) is 11.3 Å². The second-order valence-electron chi connectivity index (χ2n) is 7.50. The Morgan fingerprint density at radius 3 is 2.54 bits per heavy atom. The molecule has 0 atom stereocenters. The Bertz CT molecular complexity index is 818. The van der Waals surface area contributed by atoms with E-state index >= 15 is 0 Å². The zero-order valence-corrected chi connectivity index (χ0v) is 14.3. The first-order valence-electron chi connectivity index (χ1n) is 8.82. The Balaban J connectivity index is 1.62. The average Bonchev–Trinajstić information content (AvgIpc) is 3.07. The molecule has 0 saturated heterocycles. The van der Waals surface area contributed by atoms with E-state index in [1.165, 1.54) is 37.9 Å². The lowest BCUT2D eigenvalue weighted by atomic mass is 9.65. The van der Waals surface area contributed by atoms with Crippen molar-refractivity contribution in [3.63, 3.8) is 0 Å². The monoisotopic (exact) mass is 340 g/mol. The summed E-state index contributed by atoms with van der Waals surface area (Å²) in [6, 6.07) is 4.49. The van der Waals surface area contributed by atoms with Crippen molar-refractivity contribution in [1.29, 1.82) is 0 Å². The molecule has 5 rings (SSSR count). The van der Waals surface area contributed by atoms with Crippen molar-refractivity contribution >= 4 is 16.3 Å². The summed E-state index contributed by atoms with van der Waals surface area (Å²) in [5, 5.41) is 20.0. The second-order valence-corrected chi connectivity index (χ2v) is 8.57. The first-order chi connectivity index (χ1) is 11.7. The van der Waals surface area contributed by atoms with E-state index in [1.54, 1.807) is 11.3 Å². The number of nitrogens with zero attached hydrogens (tertiary/aromatic N) is 4. The summed E-state index contributed by atoms with van der Waals surface area (Å²) >= 11 is 1.54. The molecule has 0 bridgehead atoms. The van der Waals surface area contributed by atoms with Gasteiger partial charge in [-0.05, 0) is 44.6 Å². The zero-order chi connectivity index (χ0) is 16.3. The molecule has 0 amide bonds. The van der Waals surface area contributed by atoms with Crippen molar-refractivity contribution in [2.24, 2.45) is 0 Å². The van der Waals surface area contributed by atoms with E-state index < -0.39 is 0 Å². The van der Waals surface area contributed by atoms with Crippen LogP contribution < -0.4 is 0 Å². The molecule has 2 heterocycles. The van der Waals surface area contributed by atoms with E-state index in [4.69, 9.17) is 6.57 Å². The topological polar surface area (TPSA) is 55.3 Å². The molecule has 3 aliphatic carbocycles. The maximum atomic E-state index is 10.1. The molecule has 3 fully saturated rings. The Morgan fingerprint density at radius 2 is 2.00 bits per heavy atom. The summed E-state index contributed by atoms with van der Waals surface area (Å²) in [5.74, 6) is 2.77. The fourth-order valence-electron chi connectivity index (χ4n) is 4.15. The molecule has 0 aliphatic heterocycles. The second kappa shape index (κ2) is 5.14. The van der Waals surface area contributed by atoms with E-state index in [0.717, 1.165) is 10.7 Å². The molecule has 2 aromatic rings. The van der Waals surface area contributed by atoms with Crippen LogP contribution in [0.2, 0.25) is 0 Å². The number of aliphatic hydroxyl groups is 1. The summed E-state index contributed by atoms with van der Waals surface area (Å²) in [6.45, 7) is 7.25.